The van der Waals surface area contributed by atoms with Gasteiger partial charge in [0.25, 0.3) is 0 Å². The summed E-state index contributed by atoms with van der Waals surface area (Å²) in [6.45, 7) is 4.22. The molecule has 0 N–H and O–H groups in total. The number of hydrogen-bond donors (Lipinski definition) is 0. The van der Waals surface area contributed by atoms with Gasteiger partial charge in [0.1, 0.15) is 23.7 Å². The van der Waals surface area contributed by atoms with Crippen molar-refractivity contribution in [2.24, 2.45) is 0 Å². The van der Waals surface area contributed by atoms with E-state index >= 15 is 0 Å². The number of hydrogen-bond acceptors (Lipinski definition) is 4. The molecule has 1 heterocycles. The Balaban J connectivity index is 2.05. The zero-order valence-corrected chi connectivity index (χ0v) is 10.6. The smallest absolute Gasteiger partial charge is 0.145 e. The largest absolute Gasteiger partial charge is 0.487 e. The molecule has 84 valence electrons. The van der Waals surface area contributed by atoms with Crippen molar-refractivity contribution in [3.05, 3.63) is 39.6 Å². The lowest BCUT2D eigenvalue weighted by Crippen LogP contribution is -1.97. The van der Waals surface area contributed by atoms with E-state index in [4.69, 9.17) is 4.74 Å². The van der Waals surface area contributed by atoms with E-state index in [1.54, 1.807) is 0 Å². The van der Waals surface area contributed by atoms with Crippen LogP contribution in [0.3, 0.4) is 0 Å². The molecule has 1 aromatic carbocycles. The molecule has 0 amide bonds. The maximum atomic E-state index is 5.58. The van der Waals surface area contributed by atoms with Gasteiger partial charge in [-0.1, -0.05) is 26.2 Å². The summed E-state index contributed by atoms with van der Waals surface area (Å²) in [6, 6.07) is 5.82. The van der Waals surface area contributed by atoms with Crippen LogP contribution in [-0.2, 0) is 6.61 Å². The van der Waals surface area contributed by atoms with Gasteiger partial charge in [0.05, 0.1) is 0 Å². The molecule has 4 nitrogen and oxygen atoms in total. The van der Waals surface area contributed by atoms with E-state index in [1.165, 1.54) is 0 Å². The highest BCUT2D eigenvalue weighted by Gasteiger charge is 2.06. The summed E-state index contributed by atoms with van der Waals surface area (Å²) in [5, 5.41) is 7.44. The van der Waals surface area contributed by atoms with Gasteiger partial charge in [-0.15, -0.1) is 0 Å². The van der Waals surface area contributed by atoms with Crippen molar-refractivity contribution in [2.45, 2.75) is 20.5 Å². The van der Waals surface area contributed by atoms with Crippen LogP contribution in [0, 0.1) is 13.8 Å². The summed E-state index contributed by atoms with van der Waals surface area (Å²) in [7, 11) is 0. The van der Waals surface area contributed by atoms with Gasteiger partial charge >= 0.3 is 0 Å². The van der Waals surface area contributed by atoms with Crippen molar-refractivity contribution in [1.82, 2.24) is 10.3 Å². The highest BCUT2D eigenvalue weighted by molar-refractivity contribution is 9.10. The third kappa shape index (κ3) is 2.41. The number of aromatic nitrogens is 2. The predicted octanol–water partition coefficient (Wildman–Crippen LogP) is 3.03. The Labute approximate surface area is 102 Å². The Morgan fingerprint density at radius 2 is 2.12 bits per heavy atom. The fourth-order valence-electron chi connectivity index (χ4n) is 1.24. The first-order chi connectivity index (χ1) is 7.66. The predicted molar refractivity (Wildman–Crippen MR) is 62.2 cm³/mol. The summed E-state index contributed by atoms with van der Waals surface area (Å²) in [6.07, 6.45) is 0. The molecule has 0 aliphatic rings. The summed E-state index contributed by atoms with van der Waals surface area (Å²) in [5.74, 6) is 0.808. The molecule has 0 fully saturated rings. The lowest BCUT2D eigenvalue weighted by Gasteiger charge is -2.05. The maximum Gasteiger partial charge on any atom is 0.145 e. The van der Waals surface area contributed by atoms with E-state index in [-0.39, 0.29) is 0 Å². The molecule has 2 rings (SSSR count). The molecule has 0 radical (unpaired) electrons. The van der Waals surface area contributed by atoms with Crippen LogP contribution < -0.4 is 4.74 Å². The molecule has 0 spiro atoms. The average Bonchev–Trinajstić information content (AvgIpc) is 2.66. The van der Waals surface area contributed by atoms with Gasteiger partial charge in [0.15, 0.2) is 0 Å². The van der Waals surface area contributed by atoms with Gasteiger partial charge in [-0.3, -0.25) is 0 Å². The minimum absolute atomic E-state index is 0.371. The van der Waals surface area contributed by atoms with E-state index in [1.807, 2.05) is 32.0 Å². The Bertz CT molecular complexity index is 496. The normalized spacial score (nSPS) is 10.4. The van der Waals surface area contributed by atoms with E-state index in [0.717, 1.165) is 27.2 Å². The number of ether oxygens (including phenoxy) is 1. The van der Waals surface area contributed by atoms with E-state index in [2.05, 4.69) is 30.9 Å². The van der Waals surface area contributed by atoms with Crippen molar-refractivity contribution in [3.8, 4) is 5.75 Å². The number of aryl methyl sites for hydroxylation is 2. The number of benzene rings is 1. The van der Waals surface area contributed by atoms with Gasteiger partial charge in [0.2, 0.25) is 0 Å². The molecule has 1 aromatic heterocycles. The zero-order valence-electron chi connectivity index (χ0n) is 9.03. The van der Waals surface area contributed by atoms with Gasteiger partial charge in [-0.05, 0) is 37.6 Å². The van der Waals surface area contributed by atoms with Gasteiger partial charge in [0, 0.05) is 4.47 Å². The number of rotatable bonds is 3. The van der Waals surface area contributed by atoms with Crippen molar-refractivity contribution >= 4 is 15.9 Å². The third-order valence-corrected chi connectivity index (χ3v) is 3.14. The van der Waals surface area contributed by atoms with Crippen molar-refractivity contribution in [2.75, 3.05) is 0 Å². The molecule has 0 saturated heterocycles. The Morgan fingerprint density at radius 1 is 1.31 bits per heavy atom. The van der Waals surface area contributed by atoms with Crippen molar-refractivity contribution in [1.29, 1.82) is 0 Å². The Kier molecular flexibility index (Phi) is 3.24. The Hall–Kier alpha value is -1.36. The molecule has 0 unspecified atom stereocenters. The second-order valence-electron chi connectivity index (χ2n) is 3.50. The van der Waals surface area contributed by atoms with Crippen LogP contribution in [0.1, 0.15) is 17.0 Å². The highest BCUT2D eigenvalue weighted by Crippen LogP contribution is 2.22. The molecule has 2 aromatic rings. The lowest BCUT2D eigenvalue weighted by atomic mass is 10.2. The van der Waals surface area contributed by atoms with E-state index in [9.17, 15) is 0 Å². The van der Waals surface area contributed by atoms with Crippen LogP contribution in [0.5, 0.6) is 5.75 Å². The fourth-order valence-corrected chi connectivity index (χ4v) is 1.49. The molecule has 0 atom stereocenters. The minimum Gasteiger partial charge on any atom is -0.487 e. The topological polar surface area (TPSA) is 48.2 Å². The van der Waals surface area contributed by atoms with Gasteiger partial charge < -0.3 is 4.74 Å². The van der Waals surface area contributed by atoms with Crippen LogP contribution in [-0.4, -0.2) is 10.3 Å². The first-order valence-electron chi connectivity index (χ1n) is 4.84. The molecule has 0 aliphatic carbocycles. The van der Waals surface area contributed by atoms with E-state index in [0.29, 0.717) is 6.61 Å². The second-order valence-corrected chi connectivity index (χ2v) is 4.35. The van der Waals surface area contributed by atoms with Gasteiger partial charge in [-0.2, -0.15) is 0 Å². The number of halogens is 1. The average molecular weight is 283 g/mol. The molecule has 5 heteroatoms. The molecule has 0 aliphatic heterocycles. The standard InChI is InChI=1S/C11H11BrN2O2/c1-7-5-9(3-4-10(7)12)15-6-11-8(2)13-16-14-11/h3-5H,6H2,1-2H3. The van der Waals surface area contributed by atoms with Crippen LogP contribution >= 0.6 is 15.9 Å². The molecule has 0 saturated carbocycles. The number of nitrogens with zero attached hydrogens (tertiary/aromatic N) is 2. The summed E-state index contributed by atoms with van der Waals surface area (Å²) in [5.41, 5.74) is 2.61. The third-order valence-electron chi connectivity index (χ3n) is 2.25. The molecule has 0 bridgehead atoms. The monoisotopic (exact) mass is 282 g/mol. The minimum atomic E-state index is 0.371. The first kappa shape index (κ1) is 11.1. The van der Waals surface area contributed by atoms with Gasteiger partial charge in [-0.25, -0.2) is 4.63 Å². The van der Waals surface area contributed by atoms with Crippen LogP contribution in [0.25, 0.3) is 0 Å². The van der Waals surface area contributed by atoms with Crippen molar-refractivity contribution < 1.29 is 9.37 Å². The first-order valence-corrected chi connectivity index (χ1v) is 5.63. The molecule has 16 heavy (non-hydrogen) atoms. The zero-order chi connectivity index (χ0) is 11.5. The fraction of sp³-hybridized carbons (Fsp3) is 0.273. The lowest BCUT2D eigenvalue weighted by molar-refractivity contribution is 0.270. The molecular formula is C11H11BrN2O2. The molecular weight excluding hydrogens is 272 g/mol. The van der Waals surface area contributed by atoms with E-state index < -0.39 is 0 Å². The summed E-state index contributed by atoms with van der Waals surface area (Å²) < 4.78 is 11.2. The Morgan fingerprint density at radius 3 is 2.75 bits per heavy atom. The van der Waals surface area contributed by atoms with Crippen LogP contribution in [0.2, 0.25) is 0 Å². The highest BCUT2D eigenvalue weighted by atomic mass is 79.9. The quantitative estimate of drug-likeness (QED) is 0.868. The van der Waals surface area contributed by atoms with Crippen molar-refractivity contribution in [3.63, 3.8) is 0 Å². The summed E-state index contributed by atoms with van der Waals surface area (Å²) in [4.78, 5) is 0. The SMILES string of the molecule is Cc1cc(OCc2nonc2C)ccc1Br. The van der Waals surface area contributed by atoms with Crippen LogP contribution in [0.4, 0.5) is 0 Å². The van der Waals surface area contributed by atoms with Crippen LogP contribution in [0.15, 0.2) is 27.3 Å². The second kappa shape index (κ2) is 4.65. The maximum absolute atomic E-state index is 5.58. The summed E-state index contributed by atoms with van der Waals surface area (Å²) >= 11 is 3.44.